The van der Waals surface area contributed by atoms with Gasteiger partial charge in [-0.1, -0.05) is 18.2 Å². The van der Waals surface area contributed by atoms with E-state index in [1.54, 1.807) is 68.8 Å². The van der Waals surface area contributed by atoms with Crippen molar-refractivity contribution in [3.63, 3.8) is 0 Å². The highest BCUT2D eigenvalue weighted by atomic mass is 19.1. The third kappa shape index (κ3) is 3.67. The number of carbonyl (C=O) groups is 1. The zero-order valence-electron chi connectivity index (χ0n) is 16.5. The fourth-order valence-electron chi connectivity index (χ4n) is 3.16. The predicted octanol–water partition coefficient (Wildman–Crippen LogP) is 4.68. The molecule has 0 aliphatic carbocycles. The van der Waals surface area contributed by atoms with Crippen molar-refractivity contribution in [1.29, 1.82) is 0 Å². The van der Waals surface area contributed by atoms with Crippen LogP contribution in [-0.4, -0.2) is 26.0 Å². The first-order valence-electron chi connectivity index (χ1n) is 9.28. The molecule has 0 fully saturated rings. The summed E-state index contributed by atoms with van der Waals surface area (Å²) >= 11 is 0. The number of halogens is 1. The number of aliphatic imine (C=N–C) groups is 1. The summed E-state index contributed by atoms with van der Waals surface area (Å²) in [6.07, 6.45) is 1.46. The van der Waals surface area contributed by atoms with Crippen molar-refractivity contribution < 1.29 is 18.7 Å². The Hall–Kier alpha value is -3.93. The minimum Gasteiger partial charge on any atom is -0.497 e. The van der Waals surface area contributed by atoms with Crippen LogP contribution in [0.2, 0.25) is 0 Å². The molecule has 1 aliphatic rings. The molecule has 1 heterocycles. The number of hydrogen-bond acceptors (Lipinski definition) is 4. The molecule has 150 valence electrons. The average Bonchev–Trinajstić information content (AvgIpc) is 3.11. The Morgan fingerprint density at radius 2 is 1.47 bits per heavy atom. The van der Waals surface area contributed by atoms with Crippen molar-refractivity contribution in [2.75, 3.05) is 19.1 Å². The van der Waals surface area contributed by atoms with Crippen molar-refractivity contribution in [1.82, 2.24) is 0 Å². The Bertz CT molecular complexity index is 1140. The van der Waals surface area contributed by atoms with Crippen LogP contribution < -0.4 is 14.4 Å². The van der Waals surface area contributed by atoms with E-state index < -0.39 is 5.82 Å². The number of amides is 1. The Morgan fingerprint density at radius 1 is 0.867 bits per heavy atom. The maximum absolute atomic E-state index is 14.1. The number of ether oxygens (including phenoxy) is 2. The van der Waals surface area contributed by atoms with Crippen LogP contribution in [0.3, 0.4) is 0 Å². The number of nitrogens with zero attached hydrogens (tertiary/aromatic N) is 2. The number of benzene rings is 3. The fourth-order valence-corrected chi connectivity index (χ4v) is 3.16. The highest BCUT2D eigenvalue weighted by molar-refractivity contribution is 6.33. The quantitative estimate of drug-likeness (QED) is 0.583. The number of methoxy groups -OCH3 is 2. The van der Waals surface area contributed by atoms with Crippen LogP contribution in [-0.2, 0) is 4.79 Å². The first-order chi connectivity index (χ1) is 14.6. The molecule has 0 unspecified atom stereocenters. The second-order valence-electron chi connectivity index (χ2n) is 6.55. The molecule has 5 nitrogen and oxygen atoms in total. The lowest BCUT2D eigenvalue weighted by Crippen LogP contribution is -2.32. The number of anilines is 1. The second kappa shape index (κ2) is 8.21. The van der Waals surface area contributed by atoms with Gasteiger partial charge < -0.3 is 9.47 Å². The molecular formula is C24H19FN2O3. The summed E-state index contributed by atoms with van der Waals surface area (Å²) in [5.41, 5.74) is 1.82. The minimum absolute atomic E-state index is 0.154. The summed E-state index contributed by atoms with van der Waals surface area (Å²) < 4.78 is 24.6. The normalized spacial score (nSPS) is 14.8. The van der Waals surface area contributed by atoms with Crippen molar-refractivity contribution in [3.05, 3.63) is 95.4 Å². The lowest BCUT2D eigenvalue weighted by atomic mass is 10.1. The van der Waals surface area contributed by atoms with Gasteiger partial charge >= 0.3 is 0 Å². The van der Waals surface area contributed by atoms with Gasteiger partial charge in [-0.25, -0.2) is 9.38 Å². The molecule has 0 aromatic heterocycles. The lowest BCUT2D eigenvalue weighted by Gasteiger charge is -2.19. The van der Waals surface area contributed by atoms with Gasteiger partial charge in [0.2, 0.25) is 0 Å². The van der Waals surface area contributed by atoms with Gasteiger partial charge in [-0.15, -0.1) is 0 Å². The Kier molecular flexibility index (Phi) is 5.30. The first-order valence-corrected chi connectivity index (χ1v) is 9.28. The molecule has 6 heteroatoms. The summed E-state index contributed by atoms with van der Waals surface area (Å²) in [4.78, 5) is 19.3. The third-order valence-electron chi connectivity index (χ3n) is 4.74. The van der Waals surface area contributed by atoms with E-state index in [2.05, 4.69) is 4.99 Å². The van der Waals surface area contributed by atoms with Gasteiger partial charge in [0.25, 0.3) is 5.91 Å². The molecule has 1 amide bonds. The molecule has 1 aliphatic heterocycles. The zero-order chi connectivity index (χ0) is 21.1. The summed E-state index contributed by atoms with van der Waals surface area (Å²) in [5.74, 6) is 1.07. The molecule has 0 saturated heterocycles. The van der Waals surface area contributed by atoms with E-state index in [0.717, 1.165) is 5.56 Å². The van der Waals surface area contributed by atoms with E-state index in [1.807, 2.05) is 12.1 Å². The van der Waals surface area contributed by atoms with Crippen LogP contribution in [0.1, 0.15) is 11.1 Å². The van der Waals surface area contributed by atoms with Gasteiger partial charge in [-0.05, 0) is 60.7 Å². The Balaban J connectivity index is 1.81. The maximum atomic E-state index is 14.1. The number of amidine groups is 1. The molecule has 0 bridgehead atoms. The average molecular weight is 402 g/mol. The van der Waals surface area contributed by atoms with Crippen LogP contribution >= 0.6 is 0 Å². The molecule has 0 N–H and O–H groups in total. The molecule has 4 rings (SSSR count). The Labute approximate surface area is 173 Å². The Morgan fingerprint density at radius 3 is 2.07 bits per heavy atom. The molecule has 0 radical (unpaired) electrons. The van der Waals surface area contributed by atoms with Gasteiger partial charge in [0.05, 0.1) is 19.9 Å². The highest BCUT2D eigenvalue weighted by Crippen LogP contribution is 2.30. The first kappa shape index (κ1) is 19.4. The summed E-state index contributed by atoms with van der Waals surface area (Å²) in [6.45, 7) is 0. The largest absolute Gasteiger partial charge is 0.497 e. The van der Waals surface area contributed by atoms with E-state index in [-0.39, 0.29) is 11.6 Å². The maximum Gasteiger partial charge on any atom is 0.282 e. The van der Waals surface area contributed by atoms with Crippen molar-refractivity contribution in [2.24, 2.45) is 4.99 Å². The van der Waals surface area contributed by atoms with E-state index in [0.29, 0.717) is 28.6 Å². The molecule has 0 atom stereocenters. The van der Waals surface area contributed by atoms with Gasteiger partial charge in [0.15, 0.2) is 0 Å². The second-order valence-corrected chi connectivity index (χ2v) is 6.55. The fraction of sp³-hybridized carbons (Fsp3) is 0.0833. The standard InChI is InChI=1S/C24H19FN2O3/c1-29-19-11-7-16(8-12-19)23-26-22(15-17-5-3-4-6-21(17)25)24(28)27(23)18-9-13-20(30-2)14-10-18/h3-15H,1-2H3/b22-15+. The van der Waals surface area contributed by atoms with Gasteiger partial charge in [-0.2, -0.15) is 0 Å². The van der Waals surface area contributed by atoms with Crippen LogP contribution in [0.25, 0.3) is 6.08 Å². The topological polar surface area (TPSA) is 51.1 Å². The minimum atomic E-state index is -0.415. The summed E-state index contributed by atoms with van der Waals surface area (Å²) in [6, 6.07) is 20.6. The third-order valence-corrected chi connectivity index (χ3v) is 4.74. The zero-order valence-corrected chi connectivity index (χ0v) is 16.5. The summed E-state index contributed by atoms with van der Waals surface area (Å²) in [7, 11) is 3.17. The smallest absolute Gasteiger partial charge is 0.282 e. The molecule has 3 aromatic rings. The van der Waals surface area contributed by atoms with E-state index in [4.69, 9.17) is 9.47 Å². The number of carbonyl (C=O) groups excluding carboxylic acids is 1. The highest BCUT2D eigenvalue weighted by Gasteiger charge is 2.32. The molecular weight excluding hydrogens is 383 g/mol. The van der Waals surface area contributed by atoms with E-state index >= 15 is 0 Å². The van der Waals surface area contributed by atoms with Crippen LogP contribution in [0.4, 0.5) is 10.1 Å². The molecule has 0 spiro atoms. The SMILES string of the molecule is COc1ccc(C2=N/C(=C/c3ccccc3F)C(=O)N2c2ccc(OC)cc2)cc1. The van der Waals surface area contributed by atoms with Gasteiger partial charge in [0, 0.05) is 11.1 Å². The van der Waals surface area contributed by atoms with Crippen LogP contribution in [0, 0.1) is 5.82 Å². The monoisotopic (exact) mass is 402 g/mol. The molecule has 30 heavy (non-hydrogen) atoms. The summed E-state index contributed by atoms with van der Waals surface area (Å²) in [5, 5.41) is 0. The van der Waals surface area contributed by atoms with Crippen molar-refractivity contribution in [3.8, 4) is 11.5 Å². The van der Waals surface area contributed by atoms with E-state index in [9.17, 15) is 9.18 Å². The number of hydrogen-bond donors (Lipinski definition) is 0. The number of rotatable bonds is 5. The predicted molar refractivity (Wildman–Crippen MR) is 114 cm³/mol. The lowest BCUT2D eigenvalue weighted by molar-refractivity contribution is -0.113. The van der Waals surface area contributed by atoms with Gasteiger partial charge in [0.1, 0.15) is 28.8 Å². The van der Waals surface area contributed by atoms with Crippen LogP contribution in [0.5, 0.6) is 11.5 Å². The van der Waals surface area contributed by atoms with Crippen molar-refractivity contribution >= 4 is 23.5 Å². The molecule has 3 aromatic carbocycles. The van der Waals surface area contributed by atoms with E-state index in [1.165, 1.54) is 17.0 Å². The molecule has 0 saturated carbocycles. The van der Waals surface area contributed by atoms with Crippen molar-refractivity contribution in [2.45, 2.75) is 0 Å². The van der Waals surface area contributed by atoms with Gasteiger partial charge in [-0.3, -0.25) is 9.69 Å². The van der Waals surface area contributed by atoms with Crippen LogP contribution in [0.15, 0.2) is 83.5 Å².